The van der Waals surface area contributed by atoms with Gasteiger partial charge in [-0.3, -0.25) is 0 Å². The number of sulfonamides is 1. The zero-order valence-electron chi connectivity index (χ0n) is 11.0. The first-order valence-corrected chi connectivity index (χ1v) is 8.48. The van der Waals surface area contributed by atoms with E-state index in [1.165, 1.54) is 22.5 Å². The summed E-state index contributed by atoms with van der Waals surface area (Å²) >= 11 is 11.8. The highest BCUT2D eigenvalue weighted by Gasteiger charge is 2.32. The summed E-state index contributed by atoms with van der Waals surface area (Å²) in [6.45, 7) is 0.568. The van der Waals surface area contributed by atoms with Gasteiger partial charge < -0.3 is 10.9 Å². The molecule has 0 unspecified atom stereocenters. The van der Waals surface area contributed by atoms with E-state index in [0.717, 1.165) is 0 Å². The van der Waals surface area contributed by atoms with E-state index in [1.54, 1.807) is 0 Å². The second-order valence-electron chi connectivity index (χ2n) is 4.78. The highest BCUT2D eigenvalue weighted by Crippen LogP contribution is 2.30. The Balaban J connectivity index is 2.21. The number of halogens is 2. The first-order valence-electron chi connectivity index (χ1n) is 6.29. The maximum Gasteiger partial charge on any atom is 0.244 e. The van der Waals surface area contributed by atoms with Crippen LogP contribution in [0.4, 0.5) is 0 Å². The van der Waals surface area contributed by atoms with Crippen LogP contribution in [-0.2, 0) is 10.0 Å². The summed E-state index contributed by atoms with van der Waals surface area (Å²) in [5.41, 5.74) is 5.55. The molecule has 6 nitrogen and oxygen atoms in total. The molecule has 0 radical (unpaired) electrons. The zero-order valence-corrected chi connectivity index (χ0v) is 13.4. The lowest BCUT2D eigenvalue weighted by Gasteiger charge is -2.30. The molecule has 0 atom stereocenters. The van der Waals surface area contributed by atoms with Crippen molar-refractivity contribution in [3.63, 3.8) is 0 Å². The molecule has 0 amide bonds. The number of piperidine rings is 1. The Hall–Kier alpha value is -1.02. The van der Waals surface area contributed by atoms with Gasteiger partial charge in [0.2, 0.25) is 10.0 Å². The molecule has 0 spiro atoms. The number of hydrogen-bond donors (Lipinski definition) is 2. The Morgan fingerprint density at radius 3 is 2.52 bits per heavy atom. The Morgan fingerprint density at radius 2 is 1.95 bits per heavy atom. The van der Waals surface area contributed by atoms with Crippen LogP contribution >= 0.6 is 23.2 Å². The summed E-state index contributed by atoms with van der Waals surface area (Å²) in [5.74, 6) is 0.0177. The van der Waals surface area contributed by atoms with Gasteiger partial charge in [-0.05, 0) is 31.0 Å². The van der Waals surface area contributed by atoms with Gasteiger partial charge >= 0.3 is 0 Å². The van der Waals surface area contributed by atoms with Crippen molar-refractivity contribution in [2.75, 3.05) is 13.1 Å². The summed E-state index contributed by atoms with van der Waals surface area (Å²) in [5, 5.41) is 12.1. The average Bonchev–Trinajstić information content (AvgIpc) is 2.49. The van der Waals surface area contributed by atoms with Crippen molar-refractivity contribution in [2.24, 2.45) is 16.8 Å². The van der Waals surface area contributed by atoms with Crippen molar-refractivity contribution >= 4 is 39.1 Å². The van der Waals surface area contributed by atoms with Crippen molar-refractivity contribution in [1.82, 2.24) is 4.31 Å². The highest BCUT2D eigenvalue weighted by molar-refractivity contribution is 7.89. The van der Waals surface area contributed by atoms with Crippen LogP contribution in [0.3, 0.4) is 0 Å². The van der Waals surface area contributed by atoms with Gasteiger partial charge in [0.15, 0.2) is 0 Å². The number of benzene rings is 1. The lowest BCUT2D eigenvalue weighted by molar-refractivity contribution is 0.291. The molecule has 1 aromatic rings. The zero-order chi connectivity index (χ0) is 15.6. The Bertz CT molecular complexity index is 656. The highest BCUT2D eigenvalue weighted by atomic mass is 35.5. The minimum absolute atomic E-state index is 0.00101. The molecule has 3 N–H and O–H groups in total. The van der Waals surface area contributed by atoms with E-state index in [1.807, 2.05) is 0 Å². The number of hydrogen-bond acceptors (Lipinski definition) is 4. The second kappa shape index (κ2) is 6.39. The molecule has 0 aliphatic carbocycles. The van der Waals surface area contributed by atoms with Gasteiger partial charge in [0.1, 0.15) is 10.7 Å². The van der Waals surface area contributed by atoms with E-state index >= 15 is 0 Å². The predicted molar refractivity (Wildman–Crippen MR) is 81.4 cm³/mol. The van der Waals surface area contributed by atoms with Crippen LogP contribution in [-0.4, -0.2) is 36.9 Å². The van der Waals surface area contributed by atoms with Crippen LogP contribution in [0.2, 0.25) is 10.0 Å². The van der Waals surface area contributed by atoms with Gasteiger partial charge in [-0.1, -0.05) is 28.4 Å². The molecular formula is C12H15Cl2N3O3S. The van der Waals surface area contributed by atoms with Gasteiger partial charge in [0.25, 0.3) is 0 Å². The summed E-state index contributed by atoms with van der Waals surface area (Å²) < 4.78 is 26.5. The second-order valence-corrected chi connectivity index (χ2v) is 7.53. The molecule has 1 aliphatic rings. The molecule has 0 saturated carbocycles. The minimum Gasteiger partial charge on any atom is -0.409 e. The van der Waals surface area contributed by atoms with Crippen molar-refractivity contribution in [2.45, 2.75) is 17.7 Å². The van der Waals surface area contributed by atoms with Crippen LogP contribution in [0.25, 0.3) is 0 Å². The summed E-state index contributed by atoms with van der Waals surface area (Å²) in [7, 11) is -3.70. The Labute approximate surface area is 133 Å². The molecule has 0 aromatic heterocycles. The van der Waals surface area contributed by atoms with Crippen molar-refractivity contribution < 1.29 is 13.6 Å². The van der Waals surface area contributed by atoms with Crippen LogP contribution in [0.5, 0.6) is 0 Å². The van der Waals surface area contributed by atoms with Crippen LogP contribution in [0.15, 0.2) is 28.3 Å². The van der Waals surface area contributed by atoms with Gasteiger partial charge in [-0.2, -0.15) is 4.31 Å². The molecule has 1 aliphatic heterocycles. The van der Waals surface area contributed by atoms with Crippen LogP contribution in [0, 0.1) is 5.92 Å². The van der Waals surface area contributed by atoms with Crippen LogP contribution < -0.4 is 5.73 Å². The maximum atomic E-state index is 12.6. The van der Waals surface area contributed by atoms with E-state index in [-0.39, 0.29) is 34.8 Å². The van der Waals surface area contributed by atoms with E-state index in [9.17, 15) is 8.42 Å². The fourth-order valence-electron chi connectivity index (χ4n) is 2.29. The normalized spacial score (nSPS) is 18.9. The van der Waals surface area contributed by atoms with Gasteiger partial charge in [-0.25, -0.2) is 8.42 Å². The molecule has 0 bridgehead atoms. The monoisotopic (exact) mass is 351 g/mol. The summed E-state index contributed by atoms with van der Waals surface area (Å²) in [6, 6.07) is 4.34. The molecular weight excluding hydrogens is 337 g/mol. The molecule has 1 fully saturated rings. The number of rotatable bonds is 3. The van der Waals surface area contributed by atoms with Gasteiger partial charge in [0, 0.05) is 24.0 Å². The summed E-state index contributed by atoms with van der Waals surface area (Å²) in [4.78, 5) is -0.00101. The van der Waals surface area contributed by atoms with Crippen molar-refractivity contribution in [1.29, 1.82) is 0 Å². The first kappa shape index (κ1) is 16.4. The molecule has 116 valence electrons. The van der Waals surface area contributed by atoms with Crippen molar-refractivity contribution in [3.05, 3.63) is 28.2 Å². The smallest absolute Gasteiger partial charge is 0.244 e. The molecule has 2 rings (SSSR count). The van der Waals surface area contributed by atoms with Crippen LogP contribution in [0.1, 0.15) is 12.8 Å². The number of nitrogens with two attached hydrogens (primary N) is 1. The number of nitrogens with zero attached hydrogens (tertiary/aromatic N) is 2. The van der Waals surface area contributed by atoms with E-state index in [2.05, 4.69) is 5.16 Å². The Kier molecular flexibility index (Phi) is 4.98. The summed E-state index contributed by atoms with van der Waals surface area (Å²) in [6.07, 6.45) is 0.987. The van der Waals surface area contributed by atoms with E-state index < -0.39 is 10.0 Å². The third-order valence-electron chi connectivity index (χ3n) is 3.50. The number of amidine groups is 1. The standard InChI is InChI=1S/C12H15Cl2N3O3S/c13-9-1-2-10(14)11(7-9)21(19,20)17-5-3-8(4-6-17)12(15)16-18/h1-2,7-8,18H,3-6H2,(H2,15,16). The molecule has 9 heteroatoms. The molecule has 1 heterocycles. The quantitative estimate of drug-likeness (QED) is 0.377. The average molecular weight is 352 g/mol. The number of oxime groups is 1. The van der Waals surface area contributed by atoms with Gasteiger partial charge in [-0.15, -0.1) is 0 Å². The SMILES string of the molecule is NC(=NO)C1CCN(S(=O)(=O)c2cc(Cl)ccc2Cl)CC1. The van der Waals surface area contributed by atoms with E-state index in [0.29, 0.717) is 17.9 Å². The van der Waals surface area contributed by atoms with E-state index in [4.69, 9.17) is 34.1 Å². The maximum absolute atomic E-state index is 12.6. The third kappa shape index (κ3) is 3.42. The Morgan fingerprint density at radius 1 is 1.33 bits per heavy atom. The fraction of sp³-hybridized carbons (Fsp3) is 0.417. The van der Waals surface area contributed by atoms with Crippen molar-refractivity contribution in [3.8, 4) is 0 Å². The predicted octanol–water partition coefficient (Wildman–Crippen LogP) is 2.14. The first-order chi connectivity index (χ1) is 9.86. The van der Waals surface area contributed by atoms with Gasteiger partial charge in [0.05, 0.1) is 5.02 Å². The lowest BCUT2D eigenvalue weighted by Crippen LogP contribution is -2.41. The fourth-order valence-corrected chi connectivity index (χ4v) is 4.49. The minimum atomic E-state index is -3.70. The molecule has 21 heavy (non-hydrogen) atoms. The largest absolute Gasteiger partial charge is 0.409 e. The lowest BCUT2D eigenvalue weighted by atomic mass is 9.97. The molecule has 1 aromatic carbocycles. The molecule has 1 saturated heterocycles. The third-order valence-corrected chi connectivity index (χ3v) is 6.11. The topological polar surface area (TPSA) is 96.0 Å².